The maximum atomic E-state index is 10.7. The van der Waals surface area contributed by atoms with Crippen molar-refractivity contribution in [1.82, 2.24) is 0 Å². The predicted molar refractivity (Wildman–Crippen MR) is 67.4 cm³/mol. The van der Waals surface area contributed by atoms with Gasteiger partial charge in [0.1, 0.15) is 0 Å². The lowest BCUT2D eigenvalue weighted by Crippen LogP contribution is -2.47. The van der Waals surface area contributed by atoms with Crippen molar-refractivity contribution in [1.29, 1.82) is 0 Å². The Kier molecular flexibility index (Phi) is 2.30. The van der Waals surface area contributed by atoms with Gasteiger partial charge in [-0.1, -0.05) is 27.2 Å². The molecular formula is C15H26O2. The van der Waals surface area contributed by atoms with Crippen molar-refractivity contribution in [2.24, 2.45) is 35.0 Å². The minimum Gasteiger partial charge on any atom is -0.390 e. The van der Waals surface area contributed by atoms with E-state index in [-0.39, 0.29) is 0 Å². The first-order valence-corrected chi connectivity index (χ1v) is 7.18. The van der Waals surface area contributed by atoms with Gasteiger partial charge < -0.3 is 10.2 Å². The third-order valence-electron chi connectivity index (χ3n) is 6.51. The van der Waals surface area contributed by atoms with Gasteiger partial charge in [0.2, 0.25) is 0 Å². The molecule has 3 aliphatic rings. The Labute approximate surface area is 104 Å². The summed E-state index contributed by atoms with van der Waals surface area (Å²) >= 11 is 0. The maximum Gasteiger partial charge on any atom is 0.0908 e. The standard InChI is InChI=1S/C15H26O2/c1-8-5-6-9-12(8)13-10(14(13,2)3)7-11(16)15(9,4)17/h8-13,16-17H,5-7H2,1-4H3/t8-,9+,10-,11+,12-,13-,15-/m1/s1. The van der Waals surface area contributed by atoms with Crippen LogP contribution in [-0.4, -0.2) is 21.9 Å². The van der Waals surface area contributed by atoms with Crippen LogP contribution in [0.5, 0.6) is 0 Å². The summed E-state index contributed by atoms with van der Waals surface area (Å²) in [6.07, 6.45) is 2.58. The van der Waals surface area contributed by atoms with E-state index in [2.05, 4.69) is 20.8 Å². The molecule has 3 rings (SSSR count). The molecule has 2 N–H and O–H groups in total. The average molecular weight is 238 g/mol. The van der Waals surface area contributed by atoms with E-state index in [1.807, 2.05) is 6.92 Å². The number of fused-ring (bicyclic) bond motifs is 3. The zero-order chi connectivity index (χ0) is 12.6. The summed E-state index contributed by atoms with van der Waals surface area (Å²) in [4.78, 5) is 0. The highest BCUT2D eigenvalue weighted by Crippen LogP contribution is 2.71. The molecule has 3 fully saturated rings. The van der Waals surface area contributed by atoms with Crippen LogP contribution in [-0.2, 0) is 0 Å². The predicted octanol–water partition coefficient (Wildman–Crippen LogP) is 2.44. The van der Waals surface area contributed by atoms with Crippen molar-refractivity contribution in [3.05, 3.63) is 0 Å². The summed E-state index contributed by atoms with van der Waals surface area (Å²) < 4.78 is 0. The number of rotatable bonds is 0. The van der Waals surface area contributed by atoms with Crippen LogP contribution < -0.4 is 0 Å². The molecule has 0 radical (unpaired) electrons. The second-order valence-electron chi connectivity index (χ2n) is 7.67. The second-order valence-corrected chi connectivity index (χ2v) is 7.67. The number of aliphatic hydroxyl groups excluding tert-OH is 1. The molecule has 3 saturated carbocycles. The Hall–Kier alpha value is -0.0800. The fourth-order valence-electron chi connectivity index (χ4n) is 5.24. The van der Waals surface area contributed by atoms with Crippen LogP contribution in [0.15, 0.2) is 0 Å². The summed E-state index contributed by atoms with van der Waals surface area (Å²) in [7, 11) is 0. The van der Waals surface area contributed by atoms with Gasteiger partial charge in [0.25, 0.3) is 0 Å². The lowest BCUT2D eigenvalue weighted by atomic mass is 9.73. The van der Waals surface area contributed by atoms with Gasteiger partial charge in [-0.3, -0.25) is 0 Å². The molecule has 0 bridgehead atoms. The first-order valence-electron chi connectivity index (χ1n) is 7.18. The van der Waals surface area contributed by atoms with Crippen LogP contribution >= 0.6 is 0 Å². The Morgan fingerprint density at radius 3 is 2.35 bits per heavy atom. The number of hydrogen-bond donors (Lipinski definition) is 2. The molecule has 2 nitrogen and oxygen atoms in total. The second kappa shape index (κ2) is 3.27. The van der Waals surface area contributed by atoms with Crippen molar-refractivity contribution < 1.29 is 10.2 Å². The third-order valence-corrected chi connectivity index (χ3v) is 6.51. The van der Waals surface area contributed by atoms with Gasteiger partial charge in [-0.05, 0) is 54.8 Å². The molecule has 0 spiro atoms. The lowest BCUT2D eigenvalue weighted by Gasteiger charge is -2.38. The van der Waals surface area contributed by atoms with E-state index >= 15 is 0 Å². The van der Waals surface area contributed by atoms with Gasteiger partial charge in [-0.15, -0.1) is 0 Å². The SMILES string of the molecule is C[C@@H]1CC[C@H]2[C@@H]1[C@H]1[C@@H](C[C@H](O)[C@]2(C)O)C1(C)C. The van der Waals surface area contributed by atoms with Crippen LogP contribution in [0.4, 0.5) is 0 Å². The van der Waals surface area contributed by atoms with Crippen LogP contribution in [0.1, 0.15) is 47.0 Å². The van der Waals surface area contributed by atoms with Gasteiger partial charge in [0.05, 0.1) is 11.7 Å². The summed E-state index contributed by atoms with van der Waals surface area (Å²) in [5.41, 5.74) is -0.474. The minimum absolute atomic E-state index is 0.310. The Balaban J connectivity index is 1.98. The van der Waals surface area contributed by atoms with Crippen molar-refractivity contribution in [2.75, 3.05) is 0 Å². The van der Waals surface area contributed by atoms with Crippen LogP contribution in [0, 0.1) is 35.0 Å². The summed E-state index contributed by atoms with van der Waals surface area (Å²) in [5.74, 6) is 3.01. The molecule has 0 aromatic carbocycles. The molecule has 17 heavy (non-hydrogen) atoms. The first kappa shape index (κ1) is 12.0. The van der Waals surface area contributed by atoms with Crippen molar-refractivity contribution >= 4 is 0 Å². The molecule has 0 unspecified atom stereocenters. The minimum atomic E-state index is -0.862. The normalized spacial score (nSPS) is 60.4. The Bertz CT molecular complexity index is 334. The van der Waals surface area contributed by atoms with Crippen LogP contribution in [0.2, 0.25) is 0 Å². The summed E-state index contributed by atoms with van der Waals surface area (Å²) in [6.45, 7) is 8.89. The van der Waals surface area contributed by atoms with Crippen LogP contribution in [0.25, 0.3) is 0 Å². The van der Waals surface area contributed by atoms with Gasteiger partial charge in [0, 0.05) is 0 Å². The van der Waals surface area contributed by atoms with E-state index in [1.54, 1.807) is 0 Å². The molecule has 3 aliphatic carbocycles. The fraction of sp³-hybridized carbons (Fsp3) is 1.00. The van der Waals surface area contributed by atoms with Gasteiger partial charge in [0.15, 0.2) is 0 Å². The molecule has 0 amide bonds. The zero-order valence-corrected chi connectivity index (χ0v) is 11.5. The highest BCUT2D eigenvalue weighted by Gasteiger charge is 2.68. The fourth-order valence-corrected chi connectivity index (χ4v) is 5.24. The molecule has 0 aromatic heterocycles. The molecule has 7 atom stereocenters. The molecule has 2 heteroatoms. The molecular weight excluding hydrogens is 212 g/mol. The Morgan fingerprint density at radius 2 is 1.71 bits per heavy atom. The van der Waals surface area contributed by atoms with E-state index in [1.165, 1.54) is 6.42 Å². The largest absolute Gasteiger partial charge is 0.390 e. The van der Waals surface area contributed by atoms with Crippen molar-refractivity contribution in [2.45, 2.75) is 58.7 Å². The lowest BCUT2D eigenvalue weighted by molar-refractivity contribution is -0.113. The van der Waals surface area contributed by atoms with Gasteiger partial charge >= 0.3 is 0 Å². The monoisotopic (exact) mass is 238 g/mol. The number of aliphatic hydroxyl groups is 2. The van der Waals surface area contributed by atoms with E-state index in [9.17, 15) is 10.2 Å². The molecule has 0 aliphatic heterocycles. The highest BCUT2D eigenvalue weighted by atomic mass is 16.3. The summed E-state index contributed by atoms with van der Waals surface area (Å²) in [5, 5.41) is 21.0. The Morgan fingerprint density at radius 1 is 1.06 bits per heavy atom. The van der Waals surface area contributed by atoms with Crippen molar-refractivity contribution in [3.63, 3.8) is 0 Å². The van der Waals surface area contributed by atoms with Crippen LogP contribution in [0.3, 0.4) is 0 Å². The van der Waals surface area contributed by atoms with E-state index in [0.717, 1.165) is 18.8 Å². The van der Waals surface area contributed by atoms with E-state index in [0.29, 0.717) is 29.1 Å². The van der Waals surface area contributed by atoms with E-state index in [4.69, 9.17) is 0 Å². The highest BCUT2D eigenvalue weighted by molar-refractivity contribution is 5.16. The number of hydrogen-bond acceptors (Lipinski definition) is 2. The molecule has 98 valence electrons. The zero-order valence-electron chi connectivity index (χ0n) is 11.5. The average Bonchev–Trinajstić information content (AvgIpc) is 2.58. The molecule has 0 heterocycles. The maximum absolute atomic E-state index is 10.7. The molecule has 0 aromatic rings. The smallest absolute Gasteiger partial charge is 0.0908 e. The topological polar surface area (TPSA) is 40.5 Å². The molecule has 0 saturated heterocycles. The van der Waals surface area contributed by atoms with Crippen molar-refractivity contribution in [3.8, 4) is 0 Å². The van der Waals surface area contributed by atoms with Gasteiger partial charge in [-0.25, -0.2) is 0 Å². The quantitative estimate of drug-likeness (QED) is 0.680. The third kappa shape index (κ3) is 1.40. The first-order chi connectivity index (χ1) is 7.78. The van der Waals surface area contributed by atoms with Gasteiger partial charge in [-0.2, -0.15) is 0 Å². The summed E-state index contributed by atoms with van der Waals surface area (Å²) in [6, 6.07) is 0. The van der Waals surface area contributed by atoms with E-state index < -0.39 is 11.7 Å².